The van der Waals surface area contributed by atoms with E-state index in [1.165, 1.54) is 16.3 Å². The summed E-state index contributed by atoms with van der Waals surface area (Å²) in [5, 5.41) is 9.94. The molecule has 26 heavy (non-hydrogen) atoms. The fourth-order valence-corrected chi connectivity index (χ4v) is 3.31. The minimum atomic E-state index is -0.283. The van der Waals surface area contributed by atoms with Crippen LogP contribution >= 0.6 is 11.8 Å². The molecule has 7 heteroatoms. The summed E-state index contributed by atoms with van der Waals surface area (Å²) < 4.78 is 1.54. The maximum Gasteiger partial charge on any atom is 0.344 e. The smallest absolute Gasteiger partial charge is 0.344 e. The van der Waals surface area contributed by atoms with Gasteiger partial charge in [-0.05, 0) is 18.1 Å². The molecule has 2 aromatic carbocycles. The van der Waals surface area contributed by atoms with Gasteiger partial charge in [0.1, 0.15) is 0 Å². The van der Waals surface area contributed by atoms with Crippen LogP contribution in [0, 0.1) is 0 Å². The van der Waals surface area contributed by atoms with E-state index in [1.807, 2.05) is 67.6 Å². The van der Waals surface area contributed by atoms with Crippen LogP contribution in [0.1, 0.15) is 24.1 Å². The Labute approximate surface area is 155 Å². The van der Waals surface area contributed by atoms with Gasteiger partial charge in [-0.3, -0.25) is 9.36 Å². The molecule has 2 N–H and O–H groups in total. The second-order valence-corrected chi connectivity index (χ2v) is 6.81. The predicted molar refractivity (Wildman–Crippen MR) is 102 cm³/mol. The SMILES string of the molecule is CC(NC(=O)CSc1n[nH]c(=O)n1Cc1ccccc1)c1ccccc1. The van der Waals surface area contributed by atoms with E-state index in [4.69, 9.17) is 0 Å². The topological polar surface area (TPSA) is 79.8 Å². The lowest BCUT2D eigenvalue weighted by molar-refractivity contribution is -0.119. The third-order valence-corrected chi connectivity index (χ3v) is 4.89. The van der Waals surface area contributed by atoms with E-state index in [9.17, 15) is 9.59 Å². The summed E-state index contributed by atoms with van der Waals surface area (Å²) in [5.74, 6) is 0.0871. The summed E-state index contributed by atoms with van der Waals surface area (Å²) >= 11 is 1.24. The third-order valence-electron chi connectivity index (χ3n) is 3.92. The zero-order valence-electron chi connectivity index (χ0n) is 14.4. The molecule has 1 amide bonds. The number of benzene rings is 2. The van der Waals surface area contributed by atoms with Crippen LogP contribution in [0.3, 0.4) is 0 Å². The van der Waals surface area contributed by atoms with E-state index < -0.39 is 0 Å². The van der Waals surface area contributed by atoms with Gasteiger partial charge in [0.05, 0.1) is 18.3 Å². The number of nitrogens with one attached hydrogen (secondary N) is 2. The first-order valence-electron chi connectivity index (χ1n) is 8.29. The second kappa shape index (κ2) is 8.53. The lowest BCUT2D eigenvalue weighted by Crippen LogP contribution is -2.28. The molecule has 1 heterocycles. The van der Waals surface area contributed by atoms with Gasteiger partial charge in [-0.15, -0.1) is 5.10 Å². The molecule has 0 spiro atoms. The van der Waals surface area contributed by atoms with Crippen molar-refractivity contribution in [3.63, 3.8) is 0 Å². The molecule has 0 aliphatic carbocycles. The molecule has 1 atom stereocenters. The summed E-state index contributed by atoms with van der Waals surface area (Å²) in [6.45, 7) is 2.36. The van der Waals surface area contributed by atoms with E-state index in [-0.39, 0.29) is 23.4 Å². The van der Waals surface area contributed by atoms with Gasteiger partial charge >= 0.3 is 5.69 Å². The normalized spacial score (nSPS) is 11.9. The number of thioether (sulfide) groups is 1. The Morgan fingerprint density at radius 2 is 1.81 bits per heavy atom. The molecule has 0 aliphatic rings. The van der Waals surface area contributed by atoms with Crippen molar-refractivity contribution in [1.29, 1.82) is 0 Å². The Kier molecular flexibility index (Phi) is 5.91. The van der Waals surface area contributed by atoms with Crippen molar-refractivity contribution in [1.82, 2.24) is 20.1 Å². The number of hydrogen-bond donors (Lipinski definition) is 2. The Bertz CT molecular complexity index is 906. The molecule has 0 aliphatic heterocycles. The molecule has 0 saturated heterocycles. The van der Waals surface area contributed by atoms with Crippen molar-refractivity contribution >= 4 is 17.7 Å². The fourth-order valence-electron chi connectivity index (χ4n) is 2.56. The van der Waals surface area contributed by atoms with Crippen LogP contribution in [-0.4, -0.2) is 26.4 Å². The molecule has 134 valence electrons. The van der Waals surface area contributed by atoms with Crippen molar-refractivity contribution in [3.8, 4) is 0 Å². The van der Waals surface area contributed by atoms with Gasteiger partial charge in [-0.1, -0.05) is 72.4 Å². The van der Waals surface area contributed by atoms with E-state index >= 15 is 0 Å². The fraction of sp³-hybridized carbons (Fsp3) is 0.211. The van der Waals surface area contributed by atoms with E-state index in [2.05, 4.69) is 15.5 Å². The van der Waals surface area contributed by atoms with Crippen LogP contribution in [0.5, 0.6) is 0 Å². The van der Waals surface area contributed by atoms with Crippen molar-refractivity contribution in [2.45, 2.75) is 24.7 Å². The highest BCUT2D eigenvalue weighted by molar-refractivity contribution is 7.99. The van der Waals surface area contributed by atoms with Crippen molar-refractivity contribution < 1.29 is 4.79 Å². The number of aromatic amines is 1. The monoisotopic (exact) mass is 368 g/mol. The molecule has 3 aromatic rings. The van der Waals surface area contributed by atoms with Crippen LogP contribution in [-0.2, 0) is 11.3 Å². The van der Waals surface area contributed by atoms with Crippen molar-refractivity contribution in [2.24, 2.45) is 0 Å². The summed E-state index contributed by atoms with van der Waals surface area (Å²) in [4.78, 5) is 24.2. The van der Waals surface area contributed by atoms with Crippen molar-refractivity contribution in [2.75, 3.05) is 5.75 Å². The number of aromatic nitrogens is 3. The van der Waals surface area contributed by atoms with Crippen LogP contribution in [0.15, 0.2) is 70.6 Å². The van der Waals surface area contributed by atoms with E-state index in [0.29, 0.717) is 11.7 Å². The van der Waals surface area contributed by atoms with Gasteiger partial charge in [-0.2, -0.15) is 0 Å². The third kappa shape index (κ3) is 4.64. The summed E-state index contributed by atoms with van der Waals surface area (Å²) in [6.07, 6.45) is 0. The highest BCUT2D eigenvalue weighted by Gasteiger charge is 2.14. The Hall–Kier alpha value is -2.80. The average molecular weight is 368 g/mol. The number of carbonyl (C=O) groups excluding carboxylic acids is 1. The number of nitrogens with zero attached hydrogens (tertiary/aromatic N) is 2. The molecule has 0 fully saturated rings. The van der Waals surface area contributed by atoms with Crippen LogP contribution in [0.25, 0.3) is 0 Å². The van der Waals surface area contributed by atoms with E-state index in [1.54, 1.807) is 0 Å². The Balaban J connectivity index is 1.60. The van der Waals surface area contributed by atoms with Gasteiger partial charge in [-0.25, -0.2) is 9.89 Å². The standard InChI is InChI=1S/C19H20N4O2S/c1-14(16-10-6-3-7-11-16)20-17(24)13-26-19-22-21-18(25)23(19)12-15-8-4-2-5-9-15/h2-11,14H,12-13H2,1H3,(H,20,24)(H,21,25). The molecule has 0 radical (unpaired) electrons. The molecule has 1 aromatic heterocycles. The molecule has 1 unspecified atom stereocenters. The number of H-pyrrole nitrogens is 1. The quantitative estimate of drug-likeness (QED) is 0.628. The van der Waals surface area contributed by atoms with Gasteiger partial charge < -0.3 is 5.32 Å². The minimum Gasteiger partial charge on any atom is -0.349 e. The van der Waals surface area contributed by atoms with E-state index in [0.717, 1.165) is 11.1 Å². The average Bonchev–Trinajstić information content (AvgIpc) is 3.01. The number of hydrogen-bond acceptors (Lipinski definition) is 4. The van der Waals surface area contributed by atoms with Gasteiger partial charge in [0, 0.05) is 0 Å². The lowest BCUT2D eigenvalue weighted by Gasteiger charge is -2.14. The maximum atomic E-state index is 12.2. The number of rotatable bonds is 7. The Morgan fingerprint density at radius 3 is 2.50 bits per heavy atom. The zero-order chi connectivity index (χ0) is 18.4. The van der Waals surface area contributed by atoms with Gasteiger partial charge in [0.2, 0.25) is 5.91 Å². The predicted octanol–water partition coefficient (Wildman–Crippen LogP) is 2.59. The molecule has 0 saturated carbocycles. The van der Waals surface area contributed by atoms with Gasteiger partial charge in [0.15, 0.2) is 5.16 Å². The van der Waals surface area contributed by atoms with Crippen molar-refractivity contribution in [3.05, 3.63) is 82.3 Å². The highest BCUT2D eigenvalue weighted by atomic mass is 32.2. The first kappa shape index (κ1) is 18.0. The lowest BCUT2D eigenvalue weighted by atomic mass is 10.1. The van der Waals surface area contributed by atoms with Crippen LogP contribution < -0.4 is 11.0 Å². The van der Waals surface area contributed by atoms with Crippen LogP contribution in [0.4, 0.5) is 0 Å². The molecular formula is C19H20N4O2S. The molecule has 3 rings (SSSR count). The molecule has 6 nitrogen and oxygen atoms in total. The number of amides is 1. The first-order chi connectivity index (χ1) is 12.6. The molecular weight excluding hydrogens is 348 g/mol. The second-order valence-electron chi connectivity index (χ2n) is 5.87. The summed E-state index contributed by atoms with van der Waals surface area (Å²) in [6, 6.07) is 19.4. The minimum absolute atomic E-state index is 0.0741. The van der Waals surface area contributed by atoms with Gasteiger partial charge in [0.25, 0.3) is 0 Å². The zero-order valence-corrected chi connectivity index (χ0v) is 15.2. The highest BCUT2D eigenvalue weighted by Crippen LogP contribution is 2.16. The maximum absolute atomic E-state index is 12.2. The Morgan fingerprint density at radius 1 is 1.15 bits per heavy atom. The first-order valence-corrected chi connectivity index (χ1v) is 9.28. The summed E-state index contributed by atoms with van der Waals surface area (Å²) in [5.41, 5.74) is 1.76. The summed E-state index contributed by atoms with van der Waals surface area (Å²) in [7, 11) is 0. The number of carbonyl (C=O) groups is 1. The largest absolute Gasteiger partial charge is 0.349 e. The van der Waals surface area contributed by atoms with Crippen LogP contribution in [0.2, 0.25) is 0 Å². The molecule has 0 bridgehead atoms.